The summed E-state index contributed by atoms with van der Waals surface area (Å²) in [6, 6.07) is 12.1. The maximum atomic E-state index is 9.43. The van der Waals surface area contributed by atoms with E-state index in [0.29, 0.717) is 0 Å². The van der Waals surface area contributed by atoms with Gasteiger partial charge >= 0.3 is 0 Å². The highest BCUT2D eigenvalue weighted by Crippen LogP contribution is 2.28. The smallest absolute Gasteiger partial charge is 0.117 e. The van der Waals surface area contributed by atoms with E-state index in [1.807, 2.05) is 6.07 Å². The van der Waals surface area contributed by atoms with Crippen LogP contribution in [0.15, 0.2) is 46.9 Å². The van der Waals surface area contributed by atoms with Crippen molar-refractivity contribution in [3.05, 3.63) is 46.9 Å². The Labute approximate surface area is 95.9 Å². The van der Waals surface area contributed by atoms with Crippen molar-refractivity contribution < 1.29 is 10.2 Å². The van der Waals surface area contributed by atoms with Crippen molar-refractivity contribution in [3.63, 3.8) is 0 Å². The number of hydrogen-bond acceptors (Lipinski definition) is 2. The number of benzene rings is 2. The second-order valence-corrected chi connectivity index (χ2v) is 4.16. The molecule has 0 radical (unpaired) electrons. The molecule has 2 aromatic carbocycles. The topological polar surface area (TPSA) is 40.5 Å². The molecular formula is C12H9BrO2. The number of aromatic hydroxyl groups is 2. The van der Waals surface area contributed by atoms with E-state index in [0.717, 1.165) is 15.6 Å². The molecular weight excluding hydrogens is 256 g/mol. The maximum absolute atomic E-state index is 9.43. The highest BCUT2D eigenvalue weighted by atomic mass is 79.9. The Hall–Kier alpha value is -1.48. The van der Waals surface area contributed by atoms with Crippen molar-refractivity contribution in [2.75, 3.05) is 0 Å². The van der Waals surface area contributed by atoms with E-state index in [2.05, 4.69) is 15.9 Å². The van der Waals surface area contributed by atoms with Gasteiger partial charge in [0.15, 0.2) is 0 Å². The number of hydrogen-bond donors (Lipinski definition) is 2. The van der Waals surface area contributed by atoms with Crippen LogP contribution >= 0.6 is 15.9 Å². The molecule has 0 heterocycles. The summed E-state index contributed by atoms with van der Waals surface area (Å²) in [7, 11) is 0. The van der Waals surface area contributed by atoms with Gasteiger partial charge in [0, 0.05) is 4.47 Å². The Morgan fingerprint density at radius 3 is 2.00 bits per heavy atom. The zero-order chi connectivity index (χ0) is 10.8. The molecule has 2 N–H and O–H groups in total. The van der Waals surface area contributed by atoms with Crippen molar-refractivity contribution >= 4 is 15.9 Å². The number of phenols is 2. The third-order valence-corrected chi connectivity index (χ3v) is 2.54. The number of halogens is 1. The first kappa shape index (κ1) is 10.1. The van der Waals surface area contributed by atoms with Gasteiger partial charge in [0.1, 0.15) is 11.5 Å². The second kappa shape index (κ2) is 3.95. The van der Waals surface area contributed by atoms with E-state index < -0.39 is 0 Å². The first-order valence-corrected chi connectivity index (χ1v) is 5.23. The van der Waals surface area contributed by atoms with Crippen LogP contribution in [0.1, 0.15) is 0 Å². The molecule has 15 heavy (non-hydrogen) atoms. The zero-order valence-electron chi connectivity index (χ0n) is 7.81. The fraction of sp³-hybridized carbons (Fsp3) is 0. The van der Waals surface area contributed by atoms with Crippen LogP contribution in [0.3, 0.4) is 0 Å². The Kier molecular flexibility index (Phi) is 2.64. The normalized spacial score (nSPS) is 10.2. The van der Waals surface area contributed by atoms with Crippen molar-refractivity contribution in [1.29, 1.82) is 0 Å². The fourth-order valence-corrected chi connectivity index (χ4v) is 1.88. The SMILES string of the molecule is Oc1ccc(-c2cc(O)cc(Br)c2)cc1. The third-order valence-electron chi connectivity index (χ3n) is 2.08. The molecule has 0 atom stereocenters. The van der Waals surface area contributed by atoms with Crippen molar-refractivity contribution in [2.45, 2.75) is 0 Å². The van der Waals surface area contributed by atoms with Gasteiger partial charge in [-0.05, 0) is 41.5 Å². The summed E-state index contributed by atoms with van der Waals surface area (Å²) in [4.78, 5) is 0. The third kappa shape index (κ3) is 2.30. The van der Waals surface area contributed by atoms with Crippen LogP contribution in [0.4, 0.5) is 0 Å². The first-order valence-electron chi connectivity index (χ1n) is 4.44. The van der Waals surface area contributed by atoms with E-state index in [1.54, 1.807) is 36.4 Å². The Morgan fingerprint density at radius 2 is 1.40 bits per heavy atom. The van der Waals surface area contributed by atoms with Gasteiger partial charge in [-0.3, -0.25) is 0 Å². The van der Waals surface area contributed by atoms with Crippen molar-refractivity contribution in [1.82, 2.24) is 0 Å². The Balaban J connectivity index is 2.49. The molecule has 2 aromatic rings. The van der Waals surface area contributed by atoms with Gasteiger partial charge < -0.3 is 10.2 Å². The Morgan fingerprint density at radius 1 is 0.733 bits per heavy atom. The molecule has 0 saturated carbocycles. The van der Waals surface area contributed by atoms with Gasteiger partial charge in [-0.2, -0.15) is 0 Å². The average molecular weight is 265 g/mol. The van der Waals surface area contributed by atoms with Crippen LogP contribution in [0, 0.1) is 0 Å². The number of phenolic OH excluding ortho intramolecular Hbond substituents is 2. The van der Waals surface area contributed by atoms with Gasteiger partial charge in [-0.1, -0.05) is 28.1 Å². The Bertz CT molecular complexity index is 457. The van der Waals surface area contributed by atoms with Gasteiger partial charge in [0.05, 0.1) is 0 Å². The molecule has 2 rings (SSSR count). The second-order valence-electron chi connectivity index (χ2n) is 3.24. The van der Waals surface area contributed by atoms with Crippen LogP contribution < -0.4 is 0 Å². The molecule has 0 amide bonds. The summed E-state index contributed by atoms with van der Waals surface area (Å²) in [5.74, 6) is 0.449. The summed E-state index contributed by atoms with van der Waals surface area (Å²) in [6.07, 6.45) is 0. The van der Waals surface area contributed by atoms with E-state index in [-0.39, 0.29) is 11.5 Å². The largest absolute Gasteiger partial charge is 0.508 e. The molecule has 0 fully saturated rings. The lowest BCUT2D eigenvalue weighted by atomic mass is 10.1. The monoisotopic (exact) mass is 264 g/mol. The summed E-state index contributed by atoms with van der Waals surface area (Å²) >= 11 is 3.32. The summed E-state index contributed by atoms with van der Waals surface area (Å²) < 4.78 is 0.825. The van der Waals surface area contributed by atoms with E-state index in [9.17, 15) is 5.11 Å². The minimum absolute atomic E-state index is 0.215. The molecule has 0 saturated heterocycles. The molecule has 0 aromatic heterocycles. The minimum atomic E-state index is 0.215. The maximum Gasteiger partial charge on any atom is 0.117 e. The predicted molar refractivity (Wildman–Crippen MR) is 62.9 cm³/mol. The van der Waals surface area contributed by atoms with Crippen LogP contribution in [0.5, 0.6) is 11.5 Å². The predicted octanol–water partition coefficient (Wildman–Crippen LogP) is 3.53. The standard InChI is InChI=1S/C12H9BrO2/c13-10-5-9(6-12(15)7-10)8-1-3-11(14)4-2-8/h1-7,14-15H. The van der Waals surface area contributed by atoms with Gasteiger partial charge in [-0.15, -0.1) is 0 Å². The molecule has 3 heteroatoms. The van der Waals surface area contributed by atoms with Crippen LogP contribution in [-0.2, 0) is 0 Å². The molecule has 0 spiro atoms. The lowest BCUT2D eigenvalue weighted by molar-refractivity contribution is 0.475. The van der Waals surface area contributed by atoms with Crippen LogP contribution in [0.25, 0.3) is 11.1 Å². The molecule has 76 valence electrons. The van der Waals surface area contributed by atoms with E-state index >= 15 is 0 Å². The van der Waals surface area contributed by atoms with Gasteiger partial charge in [0.25, 0.3) is 0 Å². The molecule has 0 aliphatic rings. The molecule has 0 aliphatic carbocycles. The molecule has 2 nitrogen and oxygen atoms in total. The van der Waals surface area contributed by atoms with Crippen LogP contribution in [0.2, 0.25) is 0 Å². The quantitative estimate of drug-likeness (QED) is 0.828. The lowest BCUT2D eigenvalue weighted by Crippen LogP contribution is -1.77. The highest BCUT2D eigenvalue weighted by Gasteiger charge is 2.01. The minimum Gasteiger partial charge on any atom is -0.508 e. The molecule has 0 unspecified atom stereocenters. The fourth-order valence-electron chi connectivity index (χ4n) is 1.39. The number of rotatable bonds is 1. The average Bonchev–Trinajstić information content (AvgIpc) is 2.17. The van der Waals surface area contributed by atoms with Crippen molar-refractivity contribution in [2.24, 2.45) is 0 Å². The van der Waals surface area contributed by atoms with E-state index in [1.165, 1.54) is 0 Å². The summed E-state index contributed by atoms with van der Waals surface area (Å²) in [6.45, 7) is 0. The zero-order valence-corrected chi connectivity index (χ0v) is 9.40. The molecule has 0 bridgehead atoms. The van der Waals surface area contributed by atoms with Gasteiger partial charge in [0.2, 0.25) is 0 Å². The van der Waals surface area contributed by atoms with Gasteiger partial charge in [-0.25, -0.2) is 0 Å². The first-order chi connectivity index (χ1) is 7.15. The van der Waals surface area contributed by atoms with E-state index in [4.69, 9.17) is 5.11 Å². The highest BCUT2D eigenvalue weighted by molar-refractivity contribution is 9.10. The summed E-state index contributed by atoms with van der Waals surface area (Å²) in [5, 5.41) is 18.6. The molecule has 0 aliphatic heterocycles. The van der Waals surface area contributed by atoms with Crippen LogP contribution in [-0.4, -0.2) is 10.2 Å². The summed E-state index contributed by atoms with van der Waals surface area (Å²) in [5.41, 5.74) is 1.85. The van der Waals surface area contributed by atoms with Crippen molar-refractivity contribution in [3.8, 4) is 22.6 Å². The lowest BCUT2D eigenvalue weighted by Gasteiger charge is -2.03.